The van der Waals surface area contributed by atoms with E-state index in [1.165, 1.54) is 0 Å². The van der Waals surface area contributed by atoms with Crippen molar-refractivity contribution in [2.45, 2.75) is 23.9 Å². The number of nitrogens with two attached hydrogens (primary N) is 1. The lowest BCUT2D eigenvalue weighted by molar-refractivity contribution is -0.145. The summed E-state index contributed by atoms with van der Waals surface area (Å²) >= 11 is 6.24. The second-order valence-electron chi connectivity index (χ2n) is 4.47. The molecule has 0 aliphatic rings. The molecule has 120 valence electrons. The van der Waals surface area contributed by atoms with Gasteiger partial charge >= 0.3 is 11.9 Å². The molecular weight excluding hydrogens is 312 g/mol. The summed E-state index contributed by atoms with van der Waals surface area (Å²) in [5.41, 5.74) is 2.42. The Balaban J connectivity index is 2.92. The molecule has 1 rings (SSSR count). The Hall–Kier alpha value is -2.12. The zero-order valence-corrected chi connectivity index (χ0v) is 12.5. The first-order valence-electron chi connectivity index (χ1n) is 6.87. The number of carboxylic acids is 1. The molecule has 0 aromatic heterocycles. The highest BCUT2D eigenvalue weighted by atomic mass is 35.5. The maximum Gasteiger partial charge on any atom is 0.330 e. The summed E-state index contributed by atoms with van der Waals surface area (Å²) in [6.07, 6.45) is -0.610. The Labute approximate surface area is 133 Å². The average Bonchev–Trinajstić information content (AvgIpc) is 2.56. The van der Waals surface area contributed by atoms with Gasteiger partial charge in [-0.1, -0.05) is 30.3 Å². The van der Waals surface area contributed by atoms with E-state index >= 15 is 0 Å². The standard InChI is InChI=1S/C14H17ClN2O5/c1-22-14(21)12(11(15)8-5-3-2-4-6-8)17-13(20)9(16)7-10(18)19/h2-6,9,11-12H,7,16H2,1H3,(H,17,20)(H,18,19)/t9-,11?,12-/m0/s1/i/hD. The Kier molecular flexibility index (Phi) is 6.17. The van der Waals surface area contributed by atoms with Crippen LogP contribution < -0.4 is 11.0 Å². The van der Waals surface area contributed by atoms with Crippen molar-refractivity contribution in [1.82, 2.24) is 5.32 Å². The highest BCUT2D eigenvalue weighted by Crippen LogP contribution is 2.25. The number of alkyl halides is 1. The number of carboxylic acid groups (broad SMARTS) is 1. The molecule has 0 saturated carbocycles. The molecule has 0 heterocycles. The average molecular weight is 330 g/mol. The van der Waals surface area contributed by atoms with Crippen molar-refractivity contribution in [3.63, 3.8) is 0 Å². The fourth-order valence-electron chi connectivity index (χ4n) is 1.73. The van der Waals surface area contributed by atoms with Crippen LogP contribution in [0.15, 0.2) is 30.3 Å². The highest BCUT2D eigenvalue weighted by Gasteiger charge is 2.32. The maximum atomic E-state index is 12.1. The first-order valence-corrected chi connectivity index (χ1v) is 6.80. The van der Waals surface area contributed by atoms with Crippen LogP contribution >= 0.6 is 11.6 Å². The van der Waals surface area contributed by atoms with Gasteiger partial charge in [-0.25, -0.2) is 4.79 Å². The van der Waals surface area contributed by atoms with Gasteiger partial charge in [0.2, 0.25) is 5.91 Å². The summed E-state index contributed by atoms with van der Waals surface area (Å²) in [6.45, 7) is 0. The van der Waals surface area contributed by atoms with E-state index in [9.17, 15) is 14.4 Å². The van der Waals surface area contributed by atoms with Crippen LogP contribution in [0.4, 0.5) is 0 Å². The highest BCUT2D eigenvalue weighted by molar-refractivity contribution is 6.23. The van der Waals surface area contributed by atoms with Crippen LogP contribution in [0, 0.1) is 0 Å². The van der Waals surface area contributed by atoms with E-state index in [1.807, 2.05) is 5.73 Å². The van der Waals surface area contributed by atoms with Crippen LogP contribution in [0.2, 0.25) is 1.41 Å². The molecule has 0 fully saturated rings. The number of methoxy groups -OCH3 is 1. The smallest absolute Gasteiger partial charge is 0.330 e. The summed E-state index contributed by atoms with van der Waals surface area (Å²) in [5.74, 6) is -2.87. The molecule has 0 radical (unpaired) electrons. The third-order valence-electron chi connectivity index (χ3n) is 2.86. The second kappa shape index (κ2) is 8.35. The molecule has 22 heavy (non-hydrogen) atoms. The van der Waals surface area contributed by atoms with Crippen molar-refractivity contribution in [2.75, 3.05) is 7.11 Å². The lowest BCUT2D eigenvalue weighted by atomic mass is 10.0. The van der Waals surface area contributed by atoms with Gasteiger partial charge in [-0.3, -0.25) is 9.59 Å². The third kappa shape index (κ3) is 5.01. The van der Waals surface area contributed by atoms with Crippen LogP contribution in [0.1, 0.15) is 17.4 Å². The van der Waals surface area contributed by atoms with E-state index in [2.05, 4.69) is 10.1 Å². The number of amides is 1. The molecule has 3 atom stereocenters. The van der Waals surface area contributed by atoms with E-state index in [4.69, 9.17) is 18.1 Å². The van der Waals surface area contributed by atoms with Gasteiger partial charge in [-0.2, -0.15) is 0 Å². The molecule has 7 nitrogen and oxygen atoms in total. The van der Waals surface area contributed by atoms with Crippen molar-refractivity contribution in [3.05, 3.63) is 35.9 Å². The minimum absolute atomic E-state index is 0.582. The third-order valence-corrected chi connectivity index (χ3v) is 3.36. The zero-order valence-electron chi connectivity index (χ0n) is 12.8. The van der Waals surface area contributed by atoms with Crippen molar-refractivity contribution in [1.29, 1.82) is 0 Å². The number of benzene rings is 1. The van der Waals surface area contributed by atoms with E-state index in [0.717, 1.165) is 7.11 Å². The Bertz CT molecular complexity index is 557. The number of halogens is 1. The minimum Gasteiger partial charge on any atom is -0.481 e. The monoisotopic (exact) mass is 329 g/mol. The van der Waals surface area contributed by atoms with Crippen LogP contribution in [0.3, 0.4) is 0 Å². The van der Waals surface area contributed by atoms with Gasteiger partial charge < -0.3 is 20.9 Å². The molecule has 1 unspecified atom stereocenters. The van der Waals surface area contributed by atoms with Crippen LogP contribution in [0.5, 0.6) is 0 Å². The van der Waals surface area contributed by atoms with Gasteiger partial charge in [0.05, 0.1) is 24.9 Å². The number of hydrogen-bond donors (Lipinski definition) is 3. The molecule has 0 bridgehead atoms. The summed E-state index contributed by atoms with van der Waals surface area (Å²) in [5, 5.41) is 10.1. The van der Waals surface area contributed by atoms with Gasteiger partial charge in [-0.15, -0.1) is 11.6 Å². The van der Waals surface area contributed by atoms with E-state index in [-0.39, 0.29) is 0 Å². The molecule has 8 heteroatoms. The Morgan fingerprint density at radius 3 is 2.55 bits per heavy atom. The fraction of sp³-hybridized carbons (Fsp3) is 0.357. The predicted molar refractivity (Wildman–Crippen MR) is 79.2 cm³/mol. The normalized spacial score (nSPS) is 15.1. The molecule has 0 aliphatic heterocycles. The van der Waals surface area contributed by atoms with Gasteiger partial charge in [-0.05, 0) is 5.56 Å². The lowest BCUT2D eigenvalue weighted by Crippen LogP contribution is -2.50. The summed E-state index contributed by atoms with van der Waals surface area (Å²) in [7, 11) is 1.15. The van der Waals surface area contributed by atoms with Crippen LogP contribution in [0.25, 0.3) is 0 Å². The maximum absolute atomic E-state index is 12.1. The van der Waals surface area contributed by atoms with E-state index < -0.39 is 41.7 Å². The van der Waals surface area contributed by atoms with Crippen molar-refractivity contribution < 1.29 is 25.6 Å². The number of aliphatic carboxylic acids is 1. The van der Waals surface area contributed by atoms with Crippen molar-refractivity contribution >= 4 is 29.4 Å². The number of esters is 1. The molecule has 0 saturated heterocycles. The first-order chi connectivity index (χ1) is 10.9. The lowest BCUT2D eigenvalue weighted by Gasteiger charge is -2.23. The fourth-order valence-corrected chi connectivity index (χ4v) is 2.04. The number of ether oxygens (including phenoxy) is 1. The summed E-state index contributed by atoms with van der Waals surface area (Å²) in [6, 6.07) is 6.03. The Morgan fingerprint density at radius 2 is 2.05 bits per heavy atom. The largest absolute Gasteiger partial charge is 0.481 e. The molecule has 4 N–H and O–H groups in total. The van der Waals surface area contributed by atoms with E-state index in [0.29, 0.717) is 5.56 Å². The molecule has 1 aromatic carbocycles. The molecule has 0 spiro atoms. The van der Waals surface area contributed by atoms with Gasteiger partial charge in [0.1, 0.15) is 7.45 Å². The molecule has 0 aliphatic carbocycles. The van der Waals surface area contributed by atoms with Crippen molar-refractivity contribution in [3.8, 4) is 0 Å². The van der Waals surface area contributed by atoms with E-state index in [1.54, 1.807) is 30.3 Å². The summed E-state index contributed by atoms with van der Waals surface area (Å²) in [4.78, 5) is 34.6. The minimum atomic E-state index is -1.32. The number of carbonyl (C=O) groups excluding carboxylic acids is 2. The molecular formula is C14H17ClN2O5. The SMILES string of the molecule is [2H]N[C@@H](CC(=O)O)C(=O)N[C@H](C(=O)OC)C(Cl)c1ccccc1. The summed E-state index contributed by atoms with van der Waals surface area (Å²) < 4.78 is 11.7. The van der Waals surface area contributed by atoms with Crippen LogP contribution in [-0.2, 0) is 19.1 Å². The van der Waals surface area contributed by atoms with Gasteiger partial charge in [0, 0.05) is 0 Å². The Morgan fingerprint density at radius 1 is 1.41 bits per heavy atom. The number of rotatable bonds is 8. The zero-order chi connectivity index (χ0) is 17.4. The number of hydrogen-bond acceptors (Lipinski definition) is 5. The molecule has 1 aromatic rings. The quantitative estimate of drug-likeness (QED) is 0.470. The topological polar surface area (TPSA) is 119 Å². The van der Waals surface area contributed by atoms with Crippen molar-refractivity contribution in [2.24, 2.45) is 5.73 Å². The molecule has 1 amide bonds. The first kappa shape index (κ1) is 16.3. The predicted octanol–water partition coefficient (Wildman–Crippen LogP) is 0.426. The number of nitrogens with one attached hydrogen (secondary N) is 1. The van der Waals surface area contributed by atoms with Gasteiger partial charge in [0.25, 0.3) is 0 Å². The number of carbonyl (C=O) groups is 3. The van der Waals surface area contributed by atoms with Crippen LogP contribution in [-0.4, -0.2) is 42.1 Å². The van der Waals surface area contributed by atoms with Gasteiger partial charge in [0.15, 0.2) is 0 Å². The second-order valence-corrected chi connectivity index (χ2v) is 4.94.